The first-order valence-electron chi connectivity index (χ1n) is 13.7. The summed E-state index contributed by atoms with van der Waals surface area (Å²) < 4.78 is -0.952. The average molecular weight is 578 g/mol. The van der Waals surface area contributed by atoms with Gasteiger partial charge in [0.25, 0.3) is 5.91 Å². The molecule has 6 atom stereocenters. The number of aliphatic hydroxyl groups excluding tert-OH is 1. The van der Waals surface area contributed by atoms with Crippen molar-refractivity contribution in [2.75, 3.05) is 29.5 Å². The first-order chi connectivity index (χ1) is 19.3. The fraction of sp³-hybridized carbons (Fsp3) is 0.387. The molecule has 4 heterocycles. The lowest BCUT2D eigenvalue weighted by atomic mass is 9.78. The average Bonchev–Trinajstić information content (AvgIpc) is 3.25. The smallest absolute Gasteiger partial charge is 0.251 e. The predicted molar refractivity (Wildman–Crippen MR) is 158 cm³/mol. The van der Waals surface area contributed by atoms with Crippen molar-refractivity contribution < 1.29 is 19.5 Å². The van der Waals surface area contributed by atoms with Crippen LogP contribution in [-0.2, 0) is 14.4 Å². The first kappa shape index (κ1) is 27.1. The van der Waals surface area contributed by atoms with Crippen molar-refractivity contribution in [1.82, 2.24) is 4.90 Å². The van der Waals surface area contributed by atoms with Gasteiger partial charge >= 0.3 is 0 Å². The maximum Gasteiger partial charge on any atom is 0.251 e. The van der Waals surface area contributed by atoms with Crippen LogP contribution < -0.4 is 9.80 Å². The maximum atomic E-state index is 14.5. The van der Waals surface area contributed by atoms with E-state index in [0.29, 0.717) is 23.8 Å². The molecule has 0 bridgehead atoms. The van der Waals surface area contributed by atoms with Crippen molar-refractivity contribution in [3.05, 3.63) is 83.9 Å². The molecule has 3 amide bonds. The Hall–Kier alpha value is -3.07. The number of benzene rings is 2. The SMILES string of the molecule is CC(C)[C@H](CO)N1C(=O)[C@@H]2[C@@H]3C(=O)N(c4ccccc4)CC=C[C@@H]3S[C@@]23C=CCN(c2ccc(Cl)cc2)C(=O)C13. The molecule has 6 rings (SSSR count). The summed E-state index contributed by atoms with van der Waals surface area (Å²) in [7, 11) is 0. The van der Waals surface area contributed by atoms with E-state index in [4.69, 9.17) is 11.6 Å². The van der Waals surface area contributed by atoms with Gasteiger partial charge in [-0.25, -0.2) is 0 Å². The minimum atomic E-state index is -0.952. The number of carbonyl (C=O) groups is 3. The largest absolute Gasteiger partial charge is 0.394 e. The summed E-state index contributed by atoms with van der Waals surface area (Å²) in [5.74, 6) is -2.07. The minimum Gasteiger partial charge on any atom is -0.394 e. The van der Waals surface area contributed by atoms with Gasteiger partial charge in [0, 0.05) is 34.7 Å². The molecule has 4 aliphatic heterocycles. The molecule has 1 unspecified atom stereocenters. The van der Waals surface area contributed by atoms with E-state index >= 15 is 0 Å². The van der Waals surface area contributed by atoms with Crippen LogP contribution >= 0.6 is 23.4 Å². The van der Waals surface area contributed by atoms with Gasteiger partial charge in [-0.3, -0.25) is 14.4 Å². The number of amides is 3. The Morgan fingerprint density at radius 2 is 1.57 bits per heavy atom. The number of nitrogens with zero attached hydrogens (tertiary/aromatic N) is 3. The van der Waals surface area contributed by atoms with Gasteiger partial charge in [0.1, 0.15) is 6.04 Å². The number of hydrogen-bond acceptors (Lipinski definition) is 5. The van der Waals surface area contributed by atoms with Gasteiger partial charge in [0.2, 0.25) is 11.8 Å². The number of carbonyl (C=O) groups excluding carboxylic acids is 3. The minimum absolute atomic E-state index is 0.0970. The highest BCUT2D eigenvalue weighted by atomic mass is 35.5. The van der Waals surface area contributed by atoms with E-state index in [1.165, 1.54) is 0 Å². The lowest BCUT2D eigenvalue weighted by Crippen LogP contribution is -2.57. The van der Waals surface area contributed by atoms with Gasteiger partial charge in [0.05, 0.1) is 29.2 Å². The third-order valence-corrected chi connectivity index (χ3v) is 10.6. The molecule has 2 aromatic rings. The van der Waals surface area contributed by atoms with Crippen molar-refractivity contribution in [2.45, 2.75) is 35.9 Å². The highest BCUT2D eigenvalue weighted by Crippen LogP contribution is 2.61. The van der Waals surface area contributed by atoms with Gasteiger partial charge in [-0.1, -0.05) is 68.0 Å². The molecule has 2 saturated heterocycles. The van der Waals surface area contributed by atoms with Crippen LogP contribution in [0.2, 0.25) is 5.02 Å². The quantitative estimate of drug-likeness (QED) is 0.540. The maximum absolute atomic E-state index is 14.5. The lowest BCUT2D eigenvalue weighted by molar-refractivity contribution is -0.142. The Labute approximate surface area is 243 Å². The number of rotatable bonds is 5. The van der Waals surface area contributed by atoms with E-state index in [0.717, 1.165) is 5.69 Å². The Balaban J connectivity index is 1.48. The summed E-state index contributed by atoms with van der Waals surface area (Å²) in [4.78, 5) is 48.4. The summed E-state index contributed by atoms with van der Waals surface area (Å²) in [5, 5.41) is 10.8. The van der Waals surface area contributed by atoms with Crippen molar-refractivity contribution >= 4 is 52.5 Å². The standard InChI is InChI=1S/C31H32ClN3O4S/c1-19(2)23(18-36)35-27-30(39)34(22-13-11-20(32)12-14-22)17-7-15-31(27)26(29(35)38)25-24(40-31)10-6-16-33(28(25)37)21-8-4-3-5-9-21/h3-15,19,23-27,36H,16-18H2,1-2H3/t23-,24-,25+,26-,27?,31-/m0/s1. The molecule has 0 radical (unpaired) electrons. The second kappa shape index (κ2) is 10.4. The number of fused-ring (bicyclic) bond motifs is 2. The third-order valence-electron chi connectivity index (χ3n) is 8.62. The van der Waals surface area contributed by atoms with Crippen LogP contribution in [0.25, 0.3) is 0 Å². The molecule has 2 fully saturated rings. The number of aliphatic hydroxyl groups is 1. The van der Waals surface area contributed by atoms with Gasteiger partial charge in [-0.2, -0.15) is 0 Å². The van der Waals surface area contributed by atoms with Crippen molar-refractivity contribution in [3.8, 4) is 0 Å². The van der Waals surface area contributed by atoms with Crippen LogP contribution in [0.1, 0.15) is 13.8 Å². The molecule has 1 N–H and O–H groups in total. The summed E-state index contributed by atoms with van der Waals surface area (Å²) in [6.07, 6.45) is 7.96. The second-order valence-corrected chi connectivity index (χ2v) is 13.0. The highest BCUT2D eigenvalue weighted by Gasteiger charge is 2.72. The van der Waals surface area contributed by atoms with E-state index in [9.17, 15) is 19.5 Å². The number of likely N-dealkylation sites (tertiary alicyclic amines) is 1. The lowest BCUT2D eigenvalue weighted by Gasteiger charge is -2.39. The number of para-hydroxylation sites is 1. The van der Waals surface area contributed by atoms with E-state index in [1.807, 2.05) is 68.5 Å². The molecule has 0 aromatic heterocycles. The molecular weight excluding hydrogens is 546 g/mol. The molecule has 7 nitrogen and oxygen atoms in total. The number of hydrogen-bond donors (Lipinski definition) is 1. The van der Waals surface area contributed by atoms with Crippen LogP contribution in [0.5, 0.6) is 0 Å². The zero-order chi connectivity index (χ0) is 28.2. The Morgan fingerprint density at radius 1 is 0.925 bits per heavy atom. The van der Waals surface area contributed by atoms with Crippen molar-refractivity contribution in [2.24, 2.45) is 17.8 Å². The summed E-state index contributed by atoms with van der Waals surface area (Å²) in [5.41, 5.74) is 1.46. The van der Waals surface area contributed by atoms with E-state index in [1.54, 1.807) is 50.7 Å². The first-order valence-corrected chi connectivity index (χ1v) is 14.9. The number of anilines is 2. The monoisotopic (exact) mass is 577 g/mol. The molecule has 4 aliphatic rings. The van der Waals surface area contributed by atoms with Crippen LogP contribution in [-0.4, -0.2) is 69.5 Å². The van der Waals surface area contributed by atoms with E-state index in [-0.39, 0.29) is 35.5 Å². The van der Waals surface area contributed by atoms with Crippen molar-refractivity contribution in [3.63, 3.8) is 0 Å². The Bertz CT molecular complexity index is 1380. The van der Waals surface area contributed by atoms with Gasteiger partial charge in [-0.05, 0) is 42.3 Å². The fourth-order valence-corrected chi connectivity index (χ4v) is 8.87. The molecule has 40 heavy (non-hydrogen) atoms. The fourth-order valence-electron chi connectivity index (χ4n) is 6.75. The zero-order valence-electron chi connectivity index (χ0n) is 22.4. The van der Waals surface area contributed by atoms with Gasteiger partial charge in [-0.15, -0.1) is 11.8 Å². The van der Waals surface area contributed by atoms with Crippen LogP contribution in [0.15, 0.2) is 78.9 Å². The molecule has 0 saturated carbocycles. The van der Waals surface area contributed by atoms with Gasteiger partial charge < -0.3 is 19.8 Å². The van der Waals surface area contributed by atoms with Crippen molar-refractivity contribution in [1.29, 1.82) is 0 Å². The zero-order valence-corrected chi connectivity index (χ0v) is 24.0. The third kappa shape index (κ3) is 4.11. The van der Waals surface area contributed by atoms with Crippen LogP contribution in [0.3, 0.4) is 0 Å². The normalized spacial score (nSPS) is 30.3. The van der Waals surface area contributed by atoms with Crippen LogP contribution in [0.4, 0.5) is 11.4 Å². The predicted octanol–water partition coefficient (Wildman–Crippen LogP) is 4.16. The molecular formula is C31H32ClN3O4S. The molecule has 0 aliphatic carbocycles. The second-order valence-electron chi connectivity index (χ2n) is 11.1. The number of halogens is 1. The van der Waals surface area contributed by atoms with Crippen LogP contribution in [0, 0.1) is 17.8 Å². The van der Waals surface area contributed by atoms with Gasteiger partial charge in [0.15, 0.2) is 0 Å². The summed E-state index contributed by atoms with van der Waals surface area (Å²) >= 11 is 7.67. The molecule has 2 aromatic carbocycles. The summed E-state index contributed by atoms with van der Waals surface area (Å²) in [6, 6.07) is 15.1. The molecule has 208 valence electrons. The molecule has 1 spiro atoms. The van der Waals surface area contributed by atoms with E-state index in [2.05, 4.69) is 0 Å². The molecule has 9 heteroatoms. The summed E-state index contributed by atoms with van der Waals surface area (Å²) in [6.45, 7) is 4.35. The highest BCUT2D eigenvalue weighted by molar-refractivity contribution is 8.02. The van der Waals surface area contributed by atoms with E-state index < -0.39 is 28.7 Å². The Morgan fingerprint density at radius 3 is 2.25 bits per heavy atom. The topological polar surface area (TPSA) is 81.2 Å². The number of thioether (sulfide) groups is 1. The Kier molecular flexibility index (Phi) is 7.05.